The third-order valence-electron chi connectivity index (χ3n) is 4.41. The predicted octanol–water partition coefficient (Wildman–Crippen LogP) is 1.31. The average molecular weight is 297 g/mol. The number of hydrogen-bond donors (Lipinski definition) is 1. The van der Waals surface area contributed by atoms with E-state index in [1.54, 1.807) is 0 Å². The van der Waals surface area contributed by atoms with Gasteiger partial charge in [-0.05, 0) is 25.7 Å². The fourth-order valence-electron chi connectivity index (χ4n) is 3.29. The van der Waals surface area contributed by atoms with Gasteiger partial charge in [-0.15, -0.1) is 0 Å². The van der Waals surface area contributed by atoms with Crippen molar-refractivity contribution in [1.82, 2.24) is 0 Å². The third-order valence-corrected chi connectivity index (χ3v) is 4.41. The lowest BCUT2D eigenvalue weighted by molar-refractivity contribution is -0.183. The first-order valence-corrected chi connectivity index (χ1v) is 7.51. The second-order valence-corrected chi connectivity index (χ2v) is 5.80. The number of aliphatic hydroxyl groups is 1. The maximum absolute atomic E-state index is 11.2. The largest absolute Gasteiger partial charge is 0.469 e. The van der Waals surface area contributed by atoms with Gasteiger partial charge in [0.15, 0.2) is 0 Å². The zero-order chi connectivity index (χ0) is 15.3. The molecule has 21 heavy (non-hydrogen) atoms. The summed E-state index contributed by atoms with van der Waals surface area (Å²) in [6.07, 6.45) is 4.11. The summed E-state index contributed by atoms with van der Waals surface area (Å²) >= 11 is 0. The first-order chi connectivity index (χ1) is 10.1. The second kappa shape index (κ2) is 7.21. The van der Waals surface area contributed by atoms with Gasteiger partial charge < -0.3 is 19.3 Å². The Labute approximate surface area is 125 Å². The molecule has 0 amide bonds. The number of methoxy groups -OCH3 is 1. The summed E-state index contributed by atoms with van der Waals surface area (Å²) in [5.74, 6) is -0.251. The quantitative estimate of drug-likeness (QED) is 0.744. The van der Waals surface area contributed by atoms with E-state index >= 15 is 0 Å². The van der Waals surface area contributed by atoms with Gasteiger partial charge in [0.25, 0.3) is 0 Å². The van der Waals surface area contributed by atoms with Crippen molar-refractivity contribution in [3.8, 4) is 6.07 Å². The minimum absolute atomic E-state index is 0.0102. The molecule has 0 aromatic carbocycles. The van der Waals surface area contributed by atoms with E-state index in [4.69, 9.17) is 14.7 Å². The number of carbonyl (C=O) groups excluding carboxylic acids is 1. The van der Waals surface area contributed by atoms with Gasteiger partial charge in [-0.25, -0.2) is 0 Å². The number of esters is 1. The van der Waals surface area contributed by atoms with Gasteiger partial charge in [0.2, 0.25) is 0 Å². The Morgan fingerprint density at radius 1 is 1.43 bits per heavy atom. The number of hydrogen-bond acceptors (Lipinski definition) is 6. The molecule has 6 nitrogen and oxygen atoms in total. The third kappa shape index (κ3) is 3.73. The van der Waals surface area contributed by atoms with Crippen molar-refractivity contribution in [1.29, 1.82) is 5.26 Å². The first-order valence-electron chi connectivity index (χ1n) is 7.51. The van der Waals surface area contributed by atoms with Crippen LogP contribution < -0.4 is 0 Å². The Balaban J connectivity index is 1.92. The van der Waals surface area contributed by atoms with Crippen molar-refractivity contribution in [3.63, 3.8) is 0 Å². The molecule has 0 unspecified atom stereocenters. The van der Waals surface area contributed by atoms with E-state index in [0.717, 1.165) is 12.8 Å². The van der Waals surface area contributed by atoms with Crippen LogP contribution in [0.1, 0.15) is 44.9 Å². The van der Waals surface area contributed by atoms with E-state index in [1.165, 1.54) is 7.11 Å². The Hall–Kier alpha value is -1.16. The number of rotatable bonds is 6. The Morgan fingerprint density at radius 2 is 2.24 bits per heavy atom. The SMILES string of the molecule is COC(=O)CC[C@H]1C[C@]2(CO)O[C@@H](CCC#N)CC[C@@H]2O1. The molecule has 0 aromatic rings. The maximum Gasteiger partial charge on any atom is 0.305 e. The Bertz CT molecular complexity index is 407. The monoisotopic (exact) mass is 297 g/mol. The first kappa shape index (κ1) is 16.2. The fraction of sp³-hybridized carbons (Fsp3) is 0.867. The van der Waals surface area contributed by atoms with Gasteiger partial charge in [0, 0.05) is 19.3 Å². The molecule has 0 spiro atoms. The maximum atomic E-state index is 11.2. The van der Waals surface area contributed by atoms with Crippen LogP contribution in [0.3, 0.4) is 0 Å². The van der Waals surface area contributed by atoms with E-state index < -0.39 is 5.60 Å². The van der Waals surface area contributed by atoms with Crippen LogP contribution in [0.25, 0.3) is 0 Å². The summed E-state index contributed by atoms with van der Waals surface area (Å²) in [7, 11) is 1.37. The highest BCUT2D eigenvalue weighted by atomic mass is 16.6. The van der Waals surface area contributed by atoms with Gasteiger partial charge in [0.05, 0.1) is 38.1 Å². The summed E-state index contributed by atoms with van der Waals surface area (Å²) in [6.45, 7) is -0.0879. The van der Waals surface area contributed by atoms with E-state index in [2.05, 4.69) is 10.8 Å². The van der Waals surface area contributed by atoms with Gasteiger partial charge in [-0.1, -0.05) is 0 Å². The minimum atomic E-state index is -0.668. The molecule has 2 saturated heterocycles. The van der Waals surface area contributed by atoms with Crippen molar-refractivity contribution in [2.24, 2.45) is 0 Å². The topological polar surface area (TPSA) is 88.8 Å². The number of carbonyl (C=O) groups is 1. The molecule has 0 bridgehead atoms. The number of fused-ring (bicyclic) bond motifs is 1. The van der Waals surface area contributed by atoms with Crippen LogP contribution in [-0.4, -0.2) is 48.7 Å². The van der Waals surface area contributed by atoms with Crippen molar-refractivity contribution in [2.45, 2.75) is 68.9 Å². The lowest BCUT2D eigenvalue weighted by Gasteiger charge is -2.40. The summed E-state index contributed by atoms with van der Waals surface area (Å²) in [5.41, 5.74) is -0.668. The van der Waals surface area contributed by atoms with Crippen LogP contribution in [0.5, 0.6) is 0 Å². The molecular weight excluding hydrogens is 274 g/mol. The highest BCUT2D eigenvalue weighted by Gasteiger charge is 2.52. The second-order valence-electron chi connectivity index (χ2n) is 5.80. The molecule has 0 aliphatic carbocycles. The normalized spacial score (nSPS) is 35.0. The van der Waals surface area contributed by atoms with Crippen molar-refractivity contribution in [2.75, 3.05) is 13.7 Å². The lowest BCUT2D eigenvalue weighted by atomic mass is 9.86. The molecule has 2 aliphatic rings. The van der Waals surface area contributed by atoms with Crippen LogP contribution in [0.4, 0.5) is 0 Å². The summed E-state index contributed by atoms with van der Waals surface area (Å²) in [6, 6.07) is 2.13. The molecule has 0 radical (unpaired) electrons. The van der Waals surface area contributed by atoms with Crippen LogP contribution in [0.2, 0.25) is 0 Å². The van der Waals surface area contributed by atoms with Crippen LogP contribution in [0, 0.1) is 11.3 Å². The predicted molar refractivity (Wildman–Crippen MR) is 73.3 cm³/mol. The van der Waals surface area contributed by atoms with Crippen molar-refractivity contribution >= 4 is 5.97 Å². The molecule has 1 N–H and O–H groups in total. The van der Waals surface area contributed by atoms with Gasteiger partial charge in [0.1, 0.15) is 5.60 Å². The van der Waals surface area contributed by atoms with E-state index in [1.807, 2.05) is 0 Å². The van der Waals surface area contributed by atoms with Crippen LogP contribution >= 0.6 is 0 Å². The Morgan fingerprint density at radius 3 is 2.90 bits per heavy atom. The highest BCUT2D eigenvalue weighted by molar-refractivity contribution is 5.69. The van der Waals surface area contributed by atoms with Gasteiger partial charge >= 0.3 is 5.97 Å². The number of ether oxygens (including phenoxy) is 3. The molecule has 2 heterocycles. The zero-order valence-electron chi connectivity index (χ0n) is 12.4. The molecule has 0 saturated carbocycles. The van der Waals surface area contributed by atoms with Crippen LogP contribution in [-0.2, 0) is 19.0 Å². The van der Waals surface area contributed by atoms with E-state index in [-0.39, 0.29) is 30.9 Å². The summed E-state index contributed by atoms with van der Waals surface area (Å²) in [5, 5.41) is 18.4. The molecule has 0 aromatic heterocycles. The molecule has 2 fully saturated rings. The fourth-order valence-corrected chi connectivity index (χ4v) is 3.29. The molecule has 2 aliphatic heterocycles. The standard InChI is InChI=1S/C15H23NO5/c1-19-14(18)7-5-12-9-15(10-17)13(20-12)6-4-11(21-15)3-2-8-16/h11-13,17H,2-7,9-10H2,1H3/t11-,12-,13-,15+/m0/s1. The molecule has 118 valence electrons. The van der Waals surface area contributed by atoms with Gasteiger partial charge in [-0.3, -0.25) is 4.79 Å². The number of aliphatic hydroxyl groups excluding tert-OH is 1. The van der Waals surface area contributed by atoms with Crippen LogP contribution in [0.15, 0.2) is 0 Å². The molecule has 2 rings (SSSR count). The minimum Gasteiger partial charge on any atom is -0.469 e. The summed E-state index contributed by atoms with van der Waals surface area (Å²) < 4.78 is 16.7. The average Bonchev–Trinajstić information content (AvgIpc) is 2.88. The zero-order valence-corrected chi connectivity index (χ0v) is 12.4. The van der Waals surface area contributed by atoms with E-state index in [9.17, 15) is 9.90 Å². The Kier molecular flexibility index (Phi) is 5.57. The highest BCUT2D eigenvalue weighted by Crippen LogP contribution is 2.43. The molecule has 6 heteroatoms. The lowest BCUT2D eigenvalue weighted by Crippen LogP contribution is -2.51. The summed E-state index contributed by atoms with van der Waals surface area (Å²) in [4.78, 5) is 11.2. The number of nitriles is 1. The molecule has 4 atom stereocenters. The molecular formula is C15H23NO5. The number of nitrogens with zero attached hydrogens (tertiary/aromatic N) is 1. The van der Waals surface area contributed by atoms with Crippen molar-refractivity contribution < 1.29 is 24.1 Å². The smallest absolute Gasteiger partial charge is 0.305 e. The van der Waals surface area contributed by atoms with Crippen molar-refractivity contribution in [3.05, 3.63) is 0 Å². The van der Waals surface area contributed by atoms with E-state index in [0.29, 0.717) is 32.1 Å². The van der Waals surface area contributed by atoms with Gasteiger partial charge in [-0.2, -0.15) is 5.26 Å².